The first-order valence-corrected chi connectivity index (χ1v) is 23.6. The van der Waals surface area contributed by atoms with E-state index in [9.17, 15) is 5.11 Å². The number of pyridine rings is 1. The minimum Gasteiger partial charge on any atom is -0.507 e. The van der Waals surface area contributed by atoms with Gasteiger partial charge in [0.05, 0.1) is 27.8 Å². The molecule has 2 unspecified atom stereocenters. The zero-order valence-corrected chi connectivity index (χ0v) is 41.2. The van der Waals surface area contributed by atoms with E-state index in [0.29, 0.717) is 17.7 Å². The zero-order chi connectivity index (χ0) is 45.2. The Morgan fingerprint density at radius 1 is 0.606 bits per heavy atom. The number of phenols is 1. The number of benzene rings is 6. The molecule has 2 atom stereocenters. The molecule has 1 fully saturated rings. The van der Waals surface area contributed by atoms with Crippen LogP contribution in [0, 0.1) is 6.07 Å². The molecule has 0 bridgehead atoms. The van der Waals surface area contributed by atoms with Crippen molar-refractivity contribution in [2.75, 3.05) is 0 Å². The van der Waals surface area contributed by atoms with Crippen LogP contribution in [0.5, 0.6) is 5.75 Å². The van der Waals surface area contributed by atoms with Gasteiger partial charge in [-0.2, -0.15) is 0 Å². The summed E-state index contributed by atoms with van der Waals surface area (Å²) in [5, 5.41) is 15.0. The molecule has 0 spiro atoms. The Balaban J connectivity index is 0.00000511. The number of aromatic hydroxyl groups is 1. The minimum atomic E-state index is -0.318. The van der Waals surface area contributed by atoms with E-state index in [1.165, 1.54) is 52.2 Å². The largest absolute Gasteiger partial charge is 0.507 e. The maximum Gasteiger partial charge on any atom is 0.148 e. The van der Waals surface area contributed by atoms with Gasteiger partial charge in [0.1, 0.15) is 17.2 Å². The van der Waals surface area contributed by atoms with E-state index in [4.69, 9.17) is 9.97 Å². The van der Waals surface area contributed by atoms with Crippen LogP contribution in [0.3, 0.4) is 0 Å². The molecule has 1 aliphatic carbocycles. The molecular formula is C60H59N4OPd-. The van der Waals surface area contributed by atoms with Crippen molar-refractivity contribution in [3.63, 3.8) is 0 Å². The second-order valence-electron chi connectivity index (χ2n) is 21.8. The predicted molar refractivity (Wildman–Crippen MR) is 270 cm³/mol. The number of imidazole rings is 1. The van der Waals surface area contributed by atoms with Crippen LogP contribution in [0.1, 0.15) is 128 Å². The molecule has 0 saturated heterocycles. The van der Waals surface area contributed by atoms with E-state index in [2.05, 4.69) is 199 Å². The molecule has 1 aliphatic heterocycles. The van der Waals surface area contributed by atoms with Crippen LogP contribution < -0.4 is 0 Å². The fourth-order valence-electron chi connectivity index (χ4n) is 11.0. The summed E-state index contributed by atoms with van der Waals surface area (Å²) in [5.41, 5.74) is 16.6. The maximum absolute atomic E-state index is 12.6. The molecule has 6 aromatic carbocycles. The summed E-state index contributed by atoms with van der Waals surface area (Å²) in [6, 6.07) is 48.4. The van der Waals surface area contributed by atoms with Crippen LogP contribution in [-0.2, 0) is 36.7 Å². The molecule has 336 valence electrons. The topological polar surface area (TPSA) is 55.9 Å². The van der Waals surface area contributed by atoms with Gasteiger partial charge in [-0.1, -0.05) is 160 Å². The number of hydrogen-bond acceptors (Lipinski definition) is 3. The van der Waals surface area contributed by atoms with Gasteiger partial charge in [-0.05, 0) is 98.8 Å². The Labute approximate surface area is 403 Å². The molecule has 11 rings (SSSR count). The number of fused-ring (bicyclic) bond motifs is 9. The normalized spacial score (nSPS) is 16.3. The van der Waals surface area contributed by atoms with Crippen molar-refractivity contribution >= 4 is 33.0 Å². The van der Waals surface area contributed by atoms with Crippen LogP contribution in [-0.4, -0.2) is 24.2 Å². The zero-order valence-electron chi connectivity index (χ0n) is 39.7. The van der Waals surface area contributed by atoms with Gasteiger partial charge in [0.2, 0.25) is 0 Å². The molecule has 0 amide bonds. The molecule has 0 radical (unpaired) electrons. The van der Waals surface area contributed by atoms with E-state index in [0.717, 1.165) is 73.4 Å². The molecule has 5 nitrogen and oxygen atoms in total. The van der Waals surface area contributed by atoms with Gasteiger partial charge in [-0.25, -0.2) is 9.97 Å². The molecule has 1 N–H and O–H groups in total. The summed E-state index contributed by atoms with van der Waals surface area (Å²) < 4.78 is 4.73. The van der Waals surface area contributed by atoms with Crippen LogP contribution >= 0.6 is 0 Å². The van der Waals surface area contributed by atoms with Gasteiger partial charge < -0.3 is 9.67 Å². The second-order valence-corrected chi connectivity index (χ2v) is 21.8. The first kappa shape index (κ1) is 44.1. The van der Waals surface area contributed by atoms with Crippen molar-refractivity contribution in [2.24, 2.45) is 0 Å². The molecule has 1 saturated carbocycles. The van der Waals surface area contributed by atoms with Crippen LogP contribution in [0.4, 0.5) is 0 Å². The SMILES string of the molecule is CC(C)(C)c1ccc(-n2c(-c3cc(C(C)(C)C)cc(C(C)(C)C)c3O)nc3c(-c4[c-]c5c(cc4)C4CCCCC4c4cccc6c7cccnc7n-5c46)cccc32)c(-c2ccccc2)c1.[Pd]. The van der Waals surface area contributed by atoms with Crippen LogP contribution in [0.2, 0.25) is 0 Å². The summed E-state index contributed by atoms with van der Waals surface area (Å²) in [5.74, 6) is 1.82. The Morgan fingerprint density at radius 3 is 2.03 bits per heavy atom. The Hall–Kier alpha value is -5.80. The van der Waals surface area contributed by atoms with Crippen LogP contribution in [0.25, 0.3) is 78.0 Å². The Kier molecular flexibility index (Phi) is 10.6. The predicted octanol–water partition coefficient (Wildman–Crippen LogP) is 15.7. The number of phenolic OH excluding ortho intramolecular Hbond substituents is 1. The third kappa shape index (κ3) is 7.06. The molecular weight excluding hydrogens is 899 g/mol. The molecule has 9 aromatic rings. The van der Waals surface area contributed by atoms with Crippen molar-refractivity contribution in [2.45, 2.75) is 116 Å². The first-order chi connectivity index (χ1) is 31.1. The summed E-state index contributed by atoms with van der Waals surface area (Å²) in [4.78, 5) is 10.8. The number of hydrogen-bond donors (Lipinski definition) is 1. The molecule has 6 heteroatoms. The van der Waals surface area contributed by atoms with Gasteiger partial charge in [-0.3, -0.25) is 4.57 Å². The number of nitrogens with zero attached hydrogens (tertiary/aromatic N) is 4. The summed E-state index contributed by atoms with van der Waals surface area (Å²) in [6.45, 7) is 20.1. The van der Waals surface area contributed by atoms with E-state index < -0.39 is 0 Å². The standard InChI is InChI=1S/C60H59N4O.Pd/c1-58(2,3)38-28-30-50(47(33-38)36-18-11-10-12-19-36)63-51-26-16-22-40(53(51)62-57(63)48-34-39(59(4,5)6)35-49(55(48)65)60(7,8)9)37-27-29-43-41-20-13-14-21-42(41)44-23-15-24-45-46-25-17-31-61-56(46)64(54(44)45)52(43)32-37;/h10-12,15-19,22-31,33-35,41-42,65H,13-14,20-21H2,1-9H3;/q-1;. The quantitative estimate of drug-likeness (QED) is 0.141. The van der Waals surface area contributed by atoms with Crippen LogP contribution in [0.15, 0.2) is 128 Å². The van der Waals surface area contributed by atoms with E-state index in [1.54, 1.807) is 0 Å². The fraction of sp³-hybridized carbons (Fsp3) is 0.300. The summed E-state index contributed by atoms with van der Waals surface area (Å²) in [6.07, 6.45) is 6.74. The van der Waals surface area contributed by atoms with Crippen molar-refractivity contribution in [3.8, 4) is 50.8 Å². The van der Waals surface area contributed by atoms with Gasteiger partial charge in [-0.15, -0.1) is 29.3 Å². The van der Waals surface area contributed by atoms with Crippen molar-refractivity contribution < 1.29 is 25.5 Å². The third-order valence-corrected chi connectivity index (χ3v) is 14.5. The average Bonchev–Trinajstić information content (AvgIpc) is 3.80. The molecule has 66 heavy (non-hydrogen) atoms. The average molecular weight is 959 g/mol. The van der Waals surface area contributed by atoms with E-state index in [-0.39, 0.29) is 42.4 Å². The summed E-state index contributed by atoms with van der Waals surface area (Å²) >= 11 is 0. The summed E-state index contributed by atoms with van der Waals surface area (Å²) in [7, 11) is 0. The number of para-hydroxylation sites is 2. The maximum atomic E-state index is 12.6. The minimum absolute atomic E-state index is 0. The van der Waals surface area contributed by atoms with Gasteiger partial charge >= 0.3 is 0 Å². The molecule has 2 aliphatic rings. The monoisotopic (exact) mass is 957 g/mol. The number of aromatic nitrogens is 4. The van der Waals surface area contributed by atoms with E-state index >= 15 is 0 Å². The van der Waals surface area contributed by atoms with Gasteiger partial charge in [0, 0.05) is 48.5 Å². The molecule has 3 aromatic heterocycles. The van der Waals surface area contributed by atoms with Crippen molar-refractivity contribution in [1.82, 2.24) is 19.1 Å². The second kappa shape index (κ2) is 15.9. The Bertz CT molecular complexity index is 3350. The third-order valence-electron chi connectivity index (χ3n) is 14.5. The van der Waals surface area contributed by atoms with Gasteiger partial charge in [0.25, 0.3) is 0 Å². The van der Waals surface area contributed by atoms with Gasteiger partial charge in [0.15, 0.2) is 0 Å². The molecule has 4 heterocycles. The van der Waals surface area contributed by atoms with Crippen molar-refractivity contribution in [1.29, 1.82) is 0 Å². The van der Waals surface area contributed by atoms with E-state index in [1.807, 2.05) is 6.20 Å². The smallest absolute Gasteiger partial charge is 0.148 e. The van der Waals surface area contributed by atoms with Crippen molar-refractivity contribution in [3.05, 3.63) is 161 Å². The number of rotatable bonds is 4. The first-order valence-electron chi connectivity index (χ1n) is 23.6. The fourth-order valence-corrected chi connectivity index (χ4v) is 11.0. The Morgan fingerprint density at radius 2 is 1.30 bits per heavy atom.